The van der Waals surface area contributed by atoms with Gasteiger partial charge in [0.15, 0.2) is 0 Å². The lowest BCUT2D eigenvalue weighted by atomic mass is 10.1. The van der Waals surface area contributed by atoms with Crippen LogP contribution in [0.25, 0.3) is 0 Å². The lowest BCUT2D eigenvalue weighted by molar-refractivity contribution is 0.249. The van der Waals surface area contributed by atoms with Crippen LogP contribution < -0.4 is 11.2 Å². The maximum atomic E-state index is 10.6. The van der Waals surface area contributed by atoms with E-state index in [0.29, 0.717) is 0 Å². The monoisotopic (exact) mass is 219 g/mol. The van der Waals surface area contributed by atoms with Gasteiger partial charge in [0.2, 0.25) is 0 Å². The van der Waals surface area contributed by atoms with E-state index in [9.17, 15) is 4.79 Å². The van der Waals surface area contributed by atoms with E-state index in [1.54, 1.807) is 0 Å². The molecule has 0 aromatic heterocycles. The summed E-state index contributed by atoms with van der Waals surface area (Å²) in [7, 11) is 0. The Bertz CT molecular complexity index is 360. The smallest absolute Gasteiger partial charge is 0.332 e. The van der Waals surface area contributed by atoms with Crippen molar-refractivity contribution in [2.24, 2.45) is 10.8 Å². The van der Waals surface area contributed by atoms with Crippen molar-refractivity contribution in [2.75, 3.05) is 0 Å². The summed E-state index contributed by atoms with van der Waals surface area (Å²) < 4.78 is 0. The Morgan fingerprint density at radius 3 is 2.62 bits per heavy atom. The third-order valence-electron chi connectivity index (χ3n) is 2.18. The highest BCUT2D eigenvalue weighted by Gasteiger charge is 2.03. The number of nitrogens with two attached hydrogens (primary N) is 1. The number of hydrazone groups is 1. The summed E-state index contributed by atoms with van der Waals surface area (Å²) in [6.07, 6.45) is 2.96. The van der Waals surface area contributed by atoms with Gasteiger partial charge in [-0.25, -0.2) is 10.2 Å². The van der Waals surface area contributed by atoms with Crippen LogP contribution in [0.5, 0.6) is 0 Å². The van der Waals surface area contributed by atoms with Gasteiger partial charge in [0.1, 0.15) is 0 Å². The van der Waals surface area contributed by atoms with E-state index in [1.165, 1.54) is 0 Å². The number of carbonyl (C=O) groups excluding carboxylic acids is 1. The highest BCUT2D eigenvalue weighted by Crippen LogP contribution is 2.07. The van der Waals surface area contributed by atoms with Gasteiger partial charge in [-0.05, 0) is 18.4 Å². The van der Waals surface area contributed by atoms with Crippen molar-refractivity contribution in [1.29, 1.82) is 0 Å². The van der Waals surface area contributed by atoms with Crippen molar-refractivity contribution in [3.63, 3.8) is 0 Å². The van der Waals surface area contributed by atoms with Gasteiger partial charge in [0, 0.05) is 0 Å². The fourth-order valence-corrected chi connectivity index (χ4v) is 1.36. The Hall–Kier alpha value is -1.84. The first-order chi connectivity index (χ1) is 7.74. The molecule has 4 nitrogen and oxygen atoms in total. The van der Waals surface area contributed by atoms with E-state index in [0.717, 1.165) is 30.5 Å². The second kappa shape index (κ2) is 6.61. The summed E-state index contributed by atoms with van der Waals surface area (Å²) in [4.78, 5) is 10.6. The van der Waals surface area contributed by atoms with E-state index in [4.69, 9.17) is 5.73 Å². The zero-order chi connectivity index (χ0) is 11.8. The number of nitrogens with zero attached hydrogens (tertiary/aromatic N) is 1. The molecule has 4 heteroatoms. The van der Waals surface area contributed by atoms with E-state index < -0.39 is 6.03 Å². The predicted molar refractivity (Wildman–Crippen MR) is 65.2 cm³/mol. The summed E-state index contributed by atoms with van der Waals surface area (Å²) in [5.41, 5.74) is 9.15. The molecule has 0 spiro atoms. The average molecular weight is 219 g/mol. The van der Waals surface area contributed by atoms with Crippen molar-refractivity contribution >= 4 is 11.7 Å². The minimum absolute atomic E-state index is 0.634. The van der Waals surface area contributed by atoms with Crippen molar-refractivity contribution in [3.05, 3.63) is 35.9 Å². The molecule has 0 unspecified atom stereocenters. The van der Waals surface area contributed by atoms with Crippen molar-refractivity contribution in [2.45, 2.75) is 26.2 Å². The third kappa shape index (κ3) is 4.13. The topological polar surface area (TPSA) is 67.5 Å². The Morgan fingerprint density at radius 1 is 1.38 bits per heavy atom. The van der Waals surface area contributed by atoms with E-state index >= 15 is 0 Å². The molecule has 0 aliphatic rings. The van der Waals surface area contributed by atoms with Crippen LogP contribution in [0.3, 0.4) is 0 Å². The number of unbranched alkanes of at least 4 members (excludes halogenated alkanes) is 1. The van der Waals surface area contributed by atoms with Crippen molar-refractivity contribution < 1.29 is 4.79 Å². The van der Waals surface area contributed by atoms with Crippen LogP contribution in [0.1, 0.15) is 31.7 Å². The highest BCUT2D eigenvalue weighted by molar-refractivity contribution is 6.00. The lowest BCUT2D eigenvalue weighted by Crippen LogP contribution is -2.26. The minimum atomic E-state index is -0.634. The molecule has 3 N–H and O–H groups in total. The second-order valence-corrected chi connectivity index (χ2v) is 3.50. The molecular weight excluding hydrogens is 202 g/mol. The molecule has 1 rings (SSSR count). The molecule has 86 valence electrons. The van der Waals surface area contributed by atoms with Gasteiger partial charge in [0.25, 0.3) is 0 Å². The van der Waals surface area contributed by atoms with E-state index in [1.807, 2.05) is 30.3 Å². The Kier molecular flexibility index (Phi) is 5.05. The molecule has 0 atom stereocenters. The van der Waals surface area contributed by atoms with Crippen LogP contribution in [0.2, 0.25) is 0 Å². The number of benzene rings is 1. The molecule has 2 amide bonds. The number of amides is 2. The zero-order valence-electron chi connectivity index (χ0n) is 9.44. The quantitative estimate of drug-likeness (QED) is 0.579. The number of primary amides is 1. The standard InChI is InChI=1S/C12H17N3O/c1-2-3-9-11(14-15-12(13)16)10-7-5-4-6-8-10/h4-8H,2-3,9H2,1H3,(H3,13,15,16)/b14-11+. The van der Waals surface area contributed by atoms with Crippen molar-refractivity contribution in [1.82, 2.24) is 5.43 Å². The van der Waals surface area contributed by atoms with E-state index in [-0.39, 0.29) is 0 Å². The Labute approximate surface area is 95.5 Å². The summed E-state index contributed by atoms with van der Waals surface area (Å²) in [6, 6.07) is 9.14. The number of hydrogen-bond acceptors (Lipinski definition) is 2. The summed E-state index contributed by atoms with van der Waals surface area (Å²) in [5.74, 6) is 0. The van der Waals surface area contributed by atoms with Gasteiger partial charge in [-0.3, -0.25) is 0 Å². The lowest BCUT2D eigenvalue weighted by Gasteiger charge is -2.05. The van der Waals surface area contributed by atoms with Gasteiger partial charge in [-0.1, -0.05) is 43.7 Å². The molecule has 0 aliphatic carbocycles. The summed E-state index contributed by atoms with van der Waals surface area (Å²) in [5, 5.41) is 4.02. The first-order valence-electron chi connectivity index (χ1n) is 5.41. The van der Waals surface area contributed by atoms with Crippen molar-refractivity contribution in [3.8, 4) is 0 Å². The fourth-order valence-electron chi connectivity index (χ4n) is 1.36. The van der Waals surface area contributed by atoms with Gasteiger partial charge >= 0.3 is 6.03 Å². The van der Waals surface area contributed by atoms with Crippen LogP contribution in [-0.2, 0) is 0 Å². The number of carbonyl (C=O) groups is 1. The largest absolute Gasteiger partial charge is 0.350 e. The normalized spacial score (nSPS) is 11.2. The molecule has 0 heterocycles. The van der Waals surface area contributed by atoms with Crippen LogP contribution in [-0.4, -0.2) is 11.7 Å². The van der Waals surface area contributed by atoms with Gasteiger partial charge in [-0.15, -0.1) is 0 Å². The SMILES string of the molecule is CCCC/C(=N\NC(N)=O)c1ccccc1. The molecule has 0 aliphatic heterocycles. The van der Waals surface area contributed by atoms with Gasteiger partial charge in [0.05, 0.1) is 5.71 Å². The van der Waals surface area contributed by atoms with Crippen LogP contribution >= 0.6 is 0 Å². The maximum absolute atomic E-state index is 10.6. The molecule has 0 fully saturated rings. The zero-order valence-corrected chi connectivity index (χ0v) is 9.44. The molecule has 0 saturated carbocycles. The molecule has 0 bridgehead atoms. The molecular formula is C12H17N3O. The predicted octanol–water partition coefficient (Wildman–Crippen LogP) is 2.25. The number of rotatable bonds is 5. The average Bonchev–Trinajstić information content (AvgIpc) is 2.30. The van der Waals surface area contributed by atoms with Gasteiger partial charge in [-0.2, -0.15) is 5.10 Å². The third-order valence-corrected chi connectivity index (χ3v) is 2.18. The summed E-state index contributed by atoms with van der Waals surface area (Å²) >= 11 is 0. The van der Waals surface area contributed by atoms with Crippen LogP contribution in [0, 0.1) is 0 Å². The number of nitrogens with one attached hydrogen (secondary N) is 1. The summed E-state index contributed by atoms with van der Waals surface area (Å²) in [6.45, 7) is 2.12. The van der Waals surface area contributed by atoms with Gasteiger partial charge < -0.3 is 5.73 Å². The molecule has 16 heavy (non-hydrogen) atoms. The van der Waals surface area contributed by atoms with Crippen LogP contribution in [0.15, 0.2) is 35.4 Å². The Morgan fingerprint density at radius 2 is 2.06 bits per heavy atom. The first kappa shape index (κ1) is 12.2. The minimum Gasteiger partial charge on any atom is -0.350 e. The van der Waals surface area contributed by atoms with Crippen LogP contribution in [0.4, 0.5) is 4.79 Å². The highest BCUT2D eigenvalue weighted by atomic mass is 16.2. The molecule has 1 aromatic rings. The first-order valence-corrected chi connectivity index (χ1v) is 5.41. The number of hydrogen-bond donors (Lipinski definition) is 2. The fraction of sp³-hybridized carbons (Fsp3) is 0.333. The second-order valence-electron chi connectivity index (χ2n) is 3.50. The molecule has 0 radical (unpaired) electrons. The molecule has 1 aromatic carbocycles. The number of urea groups is 1. The Balaban J connectivity index is 2.78. The molecule has 0 saturated heterocycles. The maximum Gasteiger partial charge on any atom is 0.332 e. The van der Waals surface area contributed by atoms with E-state index in [2.05, 4.69) is 17.5 Å².